The second kappa shape index (κ2) is 5.93. The van der Waals surface area contributed by atoms with Gasteiger partial charge in [-0.05, 0) is 13.8 Å². The lowest BCUT2D eigenvalue weighted by molar-refractivity contribution is 0.368. The Labute approximate surface area is 134 Å². The lowest BCUT2D eigenvalue weighted by atomic mass is 10.4. The molecule has 3 rings (SSSR count). The van der Waals surface area contributed by atoms with E-state index in [1.807, 2.05) is 11.8 Å². The van der Waals surface area contributed by atoms with Crippen molar-refractivity contribution in [2.45, 2.75) is 32.1 Å². The van der Waals surface area contributed by atoms with Gasteiger partial charge in [0.25, 0.3) is 0 Å². The second-order valence-corrected chi connectivity index (χ2v) is 7.36. The molecule has 0 saturated carbocycles. The summed E-state index contributed by atoms with van der Waals surface area (Å²) < 4.78 is 32.6. The van der Waals surface area contributed by atoms with Crippen LogP contribution in [-0.4, -0.2) is 59.3 Å². The van der Waals surface area contributed by atoms with E-state index in [4.69, 9.17) is 4.42 Å². The predicted molar refractivity (Wildman–Crippen MR) is 82.7 cm³/mol. The number of H-pyrrole nitrogens is 1. The Morgan fingerprint density at radius 1 is 1.17 bits per heavy atom. The number of rotatable bonds is 4. The number of hydrogen-bond acceptors (Lipinski definition) is 7. The molecule has 2 aromatic heterocycles. The van der Waals surface area contributed by atoms with E-state index in [1.165, 1.54) is 4.31 Å². The van der Waals surface area contributed by atoms with Crippen molar-refractivity contribution in [1.29, 1.82) is 0 Å². The summed E-state index contributed by atoms with van der Waals surface area (Å²) in [6, 6.07) is 0.453. The van der Waals surface area contributed by atoms with E-state index in [9.17, 15) is 8.42 Å². The average molecular weight is 340 g/mol. The number of nitrogens with zero attached hydrogens (tertiary/aromatic N) is 5. The molecule has 0 aromatic carbocycles. The van der Waals surface area contributed by atoms with Gasteiger partial charge < -0.3 is 9.32 Å². The highest BCUT2D eigenvalue weighted by Crippen LogP contribution is 2.24. The van der Waals surface area contributed by atoms with Crippen LogP contribution in [0.1, 0.15) is 24.2 Å². The molecule has 0 aliphatic carbocycles. The van der Waals surface area contributed by atoms with Crippen LogP contribution in [0.2, 0.25) is 0 Å². The Morgan fingerprint density at radius 2 is 1.87 bits per heavy atom. The molecule has 1 fully saturated rings. The monoisotopic (exact) mass is 340 g/mol. The number of nitrogens with one attached hydrogen (secondary N) is 1. The van der Waals surface area contributed by atoms with Gasteiger partial charge in [-0.25, -0.2) is 8.42 Å². The van der Waals surface area contributed by atoms with Gasteiger partial charge in [-0.3, -0.25) is 5.10 Å². The van der Waals surface area contributed by atoms with E-state index in [1.54, 1.807) is 13.8 Å². The van der Waals surface area contributed by atoms with Crippen molar-refractivity contribution in [3.8, 4) is 0 Å². The van der Waals surface area contributed by atoms with Gasteiger partial charge in [0.05, 0.1) is 11.4 Å². The molecule has 1 N–H and O–H groups in total. The Morgan fingerprint density at radius 3 is 2.39 bits per heavy atom. The molecular formula is C13H20N6O3S. The van der Waals surface area contributed by atoms with Gasteiger partial charge in [0.15, 0.2) is 0 Å². The summed E-state index contributed by atoms with van der Waals surface area (Å²) in [5, 5.41) is 14.6. The number of sulfonamides is 1. The molecule has 0 atom stereocenters. The van der Waals surface area contributed by atoms with Crippen LogP contribution in [0.3, 0.4) is 0 Å². The molecule has 0 spiro atoms. The maximum atomic E-state index is 12.8. The Hall–Kier alpha value is -1.94. The highest BCUT2D eigenvalue weighted by molar-refractivity contribution is 7.89. The van der Waals surface area contributed by atoms with Gasteiger partial charge in [0, 0.05) is 32.6 Å². The topological polar surface area (TPSA) is 108 Å². The molecule has 1 aliphatic heterocycles. The molecule has 0 radical (unpaired) electrons. The average Bonchev–Trinajstić information content (AvgIpc) is 3.14. The van der Waals surface area contributed by atoms with Crippen LogP contribution in [0.5, 0.6) is 0 Å². The standard InChI is InChI=1S/C13H20N6O3S/c1-4-11-16-17-13(22-11)18-5-7-19(8-6-18)23(20,21)12-9(2)14-15-10(12)3/h4-8H2,1-3H3,(H,14,15). The zero-order valence-corrected chi connectivity index (χ0v) is 14.2. The van der Waals surface area contributed by atoms with Crippen molar-refractivity contribution in [2.24, 2.45) is 0 Å². The van der Waals surface area contributed by atoms with Crippen LogP contribution in [-0.2, 0) is 16.4 Å². The van der Waals surface area contributed by atoms with Crippen molar-refractivity contribution in [3.05, 3.63) is 17.3 Å². The third-order valence-corrected chi connectivity index (χ3v) is 6.09. The van der Waals surface area contributed by atoms with Gasteiger partial charge in [0.1, 0.15) is 4.90 Å². The molecule has 2 aromatic rings. The molecule has 126 valence electrons. The fraction of sp³-hybridized carbons (Fsp3) is 0.615. The number of aromatic amines is 1. The fourth-order valence-electron chi connectivity index (χ4n) is 2.68. The van der Waals surface area contributed by atoms with Gasteiger partial charge >= 0.3 is 6.01 Å². The van der Waals surface area contributed by atoms with Crippen molar-refractivity contribution >= 4 is 16.0 Å². The Balaban J connectivity index is 1.73. The van der Waals surface area contributed by atoms with Gasteiger partial charge in [0.2, 0.25) is 15.9 Å². The van der Waals surface area contributed by atoms with Crippen LogP contribution in [0.15, 0.2) is 9.31 Å². The van der Waals surface area contributed by atoms with Gasteiger partial charge in [-0.2, -0.15) is 9.40 Å². The van der Waals surface area contributed by atoms with Crippen LogP contribution in [0.25, 0.3) is 0 Å². The van der Waals surface area contributed by atoms with Crippen LogP contribution in [0.4, 0.5) is 6.01 Å². The van der Waals surface area contributed by atoms with Crippen molar-refractivity contribution in [3.63, 3.8) is 0 Å². The van der Waals surface area contributed by atoms with E-state index in [2.05, 4.69) is 20.4 Å². The maximum absolute atomic E-state index is 12.8. The first-order valence-corrected chi connectivity index (χ1v) is 8.96. The van der Waals surface area contributed by atoms with Crippen molar-refractivity contribution in [2.75, 3.05) is 31.1 Å². The van der Waals surface area contributed by atoms with Crippen LogP contribution >= 0.6 is 0 Å². The van der Waals surface area contributed by atoms with E-state index >= 15 is 0 Å². The Bertz CT molecular complexity index is 769. The van der Waals surface area contributed by atoms with E-state index in [-0.39, 0.29) is 4.90 Å². The Kier molecular flexibility index (Phi) is 4.11. The minimum absolute atomic E-state index is 0.275. The largest absolute Gasteiger partial charge is 0.408 e. The van der Waals surface area contributed by atoms with E-state index in [0.717, 1.165) is 0 Å². The van der Waals surface area contributed by atoms with Crippen molar-refractivity contribution in [1.82, 2.24) is 24.7 Å². The van der Waals surface area contributed by atoms with E-state index < -0.39 is 10.0 Å². The molecule has 10 heteroatoms. The zero-order valence-electron chi connectivity index (χ0n) is 13.4. The summed E-state index contributed by atoms with van der Waals surface area (Å²) in [6.45, 7) is 7.12. The number of aromatic nitrogens is 4. The fourth-order valence-corrected chi connectivity index (χ4v) is 4.44. The van der Waals surface area contributed by atoms with Crippen LogP contribution < -0.4 is 4.90 Å². The van der Waals surface area contributed by atoms with Crippen LogP contribution in [0, 0.1) is 13.8 Å². The zero-order chi connectivity index (χ0) is 16.6. The number of anilines is 1. The van der Waals surface area contributed by atoms with E-state index in [0.29, 0.717) is 55.9 Å². The molecule has 23 heavy (non-hydrogen) atoms. The molecule has 1 aliphatic rings. The molecule has 1 saturated heterocycles. The van der Waals surface area contributed by atoms with Gasteiger partial charge in [-0.1, -0.05) is 12.0 Å². The predicted octanol–water partition coefficient (Wildman–Crippen LogP) is 0.483. The third-order valence-electron chi connectivity index (χ3n) is 3.93. The summed E-state index contributed by atoms with van der Waals surface area (Å²) in [6.07, 6.45) is 0.681. The second-order valence-electron chi connectivity index (χ2n) is 5.49. The summed E-state index contributed by atoms with van der Waals surface area (Å²) in [4.78, 5) is 2.18. The summed E-state index contributed by atoms with van der Waals surface area (Å²) >= 11 is 0. The minimum atomic E-state index is -3.54. The molecule has 0 bridgehead atoms. The highest BCUT2D eigenvalue weighted by atomic mass is 32.2. The summed E-state index contributed by atoms with van der Waals surface area (Å²) in [5.41, 5.74) is 1.06. The quantitative estimate of drug-likeness (QED) is 0.862. The highest BCUT2D eigenvalue weighted by Gasteiger charge is 2.33. The number of hydrogen-bond donors (Lipinski definition) is 1. The molecule has 3 heterocycles. The molecule has 0 amide bonds. The SMILES string of the molecule is CCc1nnc(N2CCN(S(=O)(=O)c3c(C)n[nH]c3C)CC2)o1. The molecular weight excluding hydrogens is 320 g/mol. The first-order chi connectivity index (χ1) is 10.9. The maximum Gasteiger partial charge on any atom is 0.318 e. The summed E-state index contributed by atoms with van der Waals surface area (Å²) in [7, 11) is -3.54. The third kappa shape index (κ3) is 2.83. The lowest BCUT2D eigenvalue weighted by Crippen LogP contribution is -2.49. The first-order valence-electron chi connectivity index (χ1n) is 7.52. The first kappa shape index (κ1) is 15.9. The lowest BCUT2D eigenvalue weighted by Gasteiger charge is -2.32. The summed E-state index contributed by atoms with van der Waals surface area (Å²) in [5.74, 6) is 0.583. The van der Waals surface area contributed by atoms with Crippen molar-refractivity contribution < 1.29 is 12.8 Å². The smallest absolute Gasteiger partial charge is 0.318 e. The molecule has 9 nitrogen and oxygen atoms in total. The molecule has 0 unspecified atom stereocenters. The number of aryl methyl sites for hydroxylation is 3. The normalized spacial score (nSPS) is 16.9. The minimum Gasteiger partial charge on any atom is -0.408 e. The van der Waals surface area contributed by atoms with Gasteiger partial charge in [-0.15, -0.1) is 5.10 Å². The number of piperazine rings is 1.